The molecule has 0 unspecified atom stereocenters. The molecule has 0 aliphatic rings. The van der Waals surface area contributed by atoms with Gasteiger partial charge in [0.25, 0.3) is 0 Å². The monoisotopic (exact) mass is 357 g/mol. The molecule has 0 bridgehead atoms. The Balaban J connectivity index is 2.86. The molecule has 0 atom stereocenters. The Kier molecular flexibility index (Phi) is 4.36. The summed E-state index contributed by atoms with van der Waals surface area (Å²) in [5, 5.41) is 8.89. The minimum Gasteiger partial charge on any atom is -0.477 e. The van der Waals surface area contributed by atoms with Gasteiger partial charge in [0, 0.05) is 22.1 Å². The number of carboxylic acids is 1. The predicted octanol–water partition coefficient (Wildman–Crippen LogP) is 1.23. The minimum atomic E-state index is -3.07. The maximum atomic E-state index is 11.3. The molecular weight excluding hydrogens is 345 g/mol. The van der Waals surface area contributed by atoms with Gasteiger partial charge in [-0.25, -0.2) is 13.2 Å². The van der Waals surface area contributed by atoms with E-state index in [2.05, 4.69) is 0 Å². The second-order valence-electron chi connectivity index (χ2n) is 3.28. The molecular formula is C9H12INO4S. The first-order chi connectivity index (χ1) is 7.35. The van der Waals surface area contributed by atoms with E-state index in [0.717, 1.165) is 3.57 Å². The number of carbonyl (C=O) groups is 1. The van der Waals surface area contributed by atoms with Gasteiger partial charge in [-0.15, -0.1) is 0 Å². The van der Waals surface area contributed by atoms with Crippen molar-refractivity contribution in [1.82, 2.24) is 4.57 Å². The number of halogens is 1. The number of aromatic nitrogens is 1. The molecule has 0 aromatic carbocycles. The minimum absolute atomic E-state index is 0.0332. The fourth-order valence-corrected chi connectivity index (χ4v) is 2.62. The van der Waals surface area contributed by atoms with Crippen LogP contribution in [0.4, 0.5) is 0 Å². The molecule has 5 nitrogen and oxygen atoms in total. The fourth-order valence-electron chi connectivity index (χ4n) is 1.22. The Morgan fingerprint density at radius 1 is 1.56 bits per heavy atom. The smallest absolute Gasteiger partial charge is 0.352 e. The SMILES string of the molecule is CCS(=O)(=O)CCn1cc(I)cc1C(=O)O. The largest absolute Gasteiger partial charge is 0.477 e. The first kappa shape index (κ1) is 13.5. The van der Waals surface area contributed by atoms with Crippen molar-refractivity contribution >= 4 is 38.4 Å². The Morgan fingerprint density at radius 2 is 2.19 bits per heavy atom. The number of aryl methyl sites for hydroxylation is 1. The summed E-state index contributed by atoms with van der Waals surface area (Å²) < 4.78 is 24.8. The van der Waals surface area contributed by atoms with Gasteiger partial charge in [0.1, 0.15) is 5.69 Å². The van der Waals surface area contributed by atoms with E-state index in [1.54, 1.807) is 13.1 Å². The predicted molar refractivity (Wildman–Crippen MR) is 68.4 cm³/mol. The second kappa shape index (κ2) is 5.17. The summed E-state index contributed by atoms with van der Waals surface area (Å²) >= 11 is 2.00. The van der Waals surface area contributed by atoms with Crippen molar-refractivity contribution in [3.05, 3.63) is 21.5 Å². The van der Waals surface area contributed by atoms with Gasteiger partial charge in [-0.2, -0.15) is 0 Å². The number of hydrogen-bond donors (Lipinski definition) is 1. The molecule has 1 aromatic heterocycles. The van der Waals surface area contributed by atoms with Crippen LogP contribution in [-0.4, -0.2) is 35.6 Å². The van der Waals surface area contributed by atoms with Crippen molar-refractivity contribution in [2.75, 3.05) is 11.5 Å². The molecule has 0 spiro atoms. The third-order valence-electron chi connectivity index (χ3n) is 2.17. The van der Waals surface area contributed by atoms with Crippen molar-refractivity contribution < 1.29 is 18.3 Å². The Bertz CT molecular complexity index is 492. The first-order valence-corrected chi connectivity index (χ1v) is 7.55. The number of aromatic carboxylic acids is 1. The van der Waals surface area contributed by atoms with Gasteiger partial charge in [0.15, 0.2) is 9.84 Å². The van der Waals surface area contributed by atoms with Crippen molar-refractivity contribution in [3.63, 3.8) is 0 Å². The number of rotatable bonds is 5. The van der Waals surface area contributed by atoms with Crippen LogP contribution in [0.2, 0.25) is 0 Å². The second-order valence-corrected chi connectivity index (χ2v) is 7.00. The molecule has 0 radical (unpaired) electrons. The van der Waals surface area contributed by atoms with Crippen LogP contribution in [0.1, 0.15) is 17.4 Å². The highest BCUT2D eigenvalue weighted by atomic mass is 127. The lowest BCUT2D eigenvalue weighted by molar-refractivity contribution is 0.0685. The molecule has 1 rings (SSSR count). The van der Waals surface area contributed by atoms with E-state index in [0.29, 0.717) is 0 Å². The van der Waals surface area contributed by atoms with Gasteiger partial charge >= 0.3 is 5.97 Å². The maximum absolute atomic E-state index is 11.3. The molecule has 7 heteroatoms. The topological polar surface area (TPSA) is 76.4 Å². The Labute approximate surface area is 108 Å². The van der Waals surface area contributed by atoms with Gasteiger partial charge in [-0.05, 0) is 28.7 Å². The van der Waals surface area contributed by atoms with Crippen LogP contribution in [-0.2, 0) is 16.4 Å². The van der Waals surface area contributed by atoms with Gasteiger partial charge < -0.3 is 9.67 Å². The lowest BCUT2D eigenvalue weighted by atomic mass is 10.4. The summed E-state index contributed by atoms with van der Waals surface area (Å²) in [6, 6.07) is 1.52. The van der Waals surface area contributed by atoms with Crippen molar-refractivity contribution in [1.29, 1.82) is 0 Å². The zero-order valence-corrected chi connectivity index (χ0v) is 11.7. The third kappa shape index (κ3) is 3.48. The normalized spacial score (nSPS) is 11.6. The lowest BCUT2D eigenvalue weighted by Gasteiger charge is -2.05. The zero-order valence-electron chi connectivity index (χ0n) is 8.68. The van der Waals surface area contributed by atoms with Crippen LogP contribution < -0.4 is 0 Å². The van der Waals surface area contributed by atoms with E-state index in [1.807, 2.05) is 22.6 Å². The van der Waals surface area contributed by atoms with Gasteiger partial charge in [0.05, 0.1) is 5.75 Å². The number of sulfone groups is 1. The lowest BCUT2D eigenvalue weighted by Crippen LogP contribution is -2.17. The van der Waals surface area contributed by atoms with Gasteiger partial charge in [0.2, 0.25) is 0 Å². The Morgan fingerprint density at radius 3 is 2.69 bits per heavy atom. The van der Waals surface area contributed by atoms with Crippen molar-refractivity contribution in [2.24, 2.45) is 0 Å². The number of carboxylic acid groups (broad SMARTS) is 1. The van der Waals surface area contributed by atoms with Crippen molar-refractivity contribution in [3.8, 4) is 0 Å². The van der Waals surface area contributed by atoms with E-state index >= 15 is 0 Å². The molecule has 1 N–H and O–H groups in total. The third-order valence-corrected chi connectivity index (χ3v) is 4.44. The molecule has 0 fully saturated rings. The maximum Gasteiger partial charge on any atom is 0.352 e. The highest BCUT2D eigenvalue weighted by molar-refractivity contribution is 14.1. The van der Waals surface area contributed by atoms with Crippen LogP contribution in [0.3, 0.4) is 0 Å². The van der Waals surface area contributed by atoms with E-state index in [4.69, 9.17) is 5.11 Å². The van der Waals surface area contributed by atoms with Crippen LogP contribution in [0.15, 0.2) is 12.3 Å². The van der Waals surface area contributed by atoms with Crippen LogP contribution >= 0.6 is 22.6 Å². The van der Waals surface area contributed by atoms with E-state index in [9.17, 15) is 13.2 Å². The molecule has 1 heterocycles. The van der Waals surface area contributed by atoms with Crippen LogP contribution in [0.5, 0.6) is 0 Å². The zero-order chi connectivity index (χ0) is 12.3. The van der Waals surface area contributed by atoms with E-state index in [1.165, 1.54) is 10.6 Å². The van der Waals surface area contributed by atoms with Gasteiger partial charge in [-0.3, -0.25) is 0 Å². The summed E-state index contributed by atoms with van der Waals surface area (Å²) in [4.78, 5) is 10.9. The molecule has 0 amide bonds. The average Bonchev–Trinajstić information content (AvgIpc) is 2.57. The molecule has 16 heavy (non-hydrogen) atoms. The highest BCUT2D eigenvalue weighted by Crippen LogP contribution is 2.11. The van der Waals surface area contributed by atoms with Gasteiger partial charge in [-0.1, -0.05) is 6.92 Å². The highest BCUT2D eigenvalue weighted by Gasteiger charge is 2.14. The van der Waals surface area contributed by atoms with E-state index in [-0.39, 0.29) is 23.7 Å². The summed E-state index contributed by atoms with van der Waals surface area (Å²) in [5.74, 6) is -1.00. The molecule has 0 saturated carbocycles. The summed E-state index contributed by atoms with van der Waals surface area (Å²) in [6.45, 7) is 1.76. The first-order valence-electron chi connectivity index (χ1n) is 4.65. The fraction of sp³-hybridized carbons (Fsp3) is 0.444. The van der Waals surface area contributed by atoms with Crippen molar-refractivity contribution in [2.45, 2.75) is 13.5 Å². The van der Waals surface area contributed by atoms with Crippen LogP contribution in [0.25, 0.3) is 0 Å². The summed E-state index contributed by atoms with van der Waals surface area (Å²) in [7, 11) is -3.07. The number of nitrogens with zero attached hydrogens (tertiary/aromatic N) is 1. The summed E-state index contributed by atoms with van der Waals surface area (Å²) in [6.07, 6.45) is 1.63. The Hall–Kier alpha value is -0.570. The van der Waals surface area contributed by atoms with Crippen LogP contribution in [0, 0.1) is 3.57 Å². The molecule has 90 valence electrons. The molecule has 0 aliphatic carbocycles. The molecule has 1 aromatic rings. The number of hydrogen-bond acceptors (Lipinski definition) is 3. The molecule has 0 saturated heterocycles. The quantitative estimate of drug-likeness (QED) is 0.805. The summed E-state index contributed by atoms with van der Waals surface area (Å²) in [5.41, 5.74) is 0.121. The standard InChI is InChI=1S/C9H12INO4S/c1-2-16(14,15)4-3-11-6-7(10)5-8(11)9(12)13/h5-6H,2-4H2,1H3,(H,12,13). The average molecular weight is 357 g/mol. The molecule has 0 aliphatic heterocycles. The van der Waals surface area contributed by atoms with E-state index < -0.39 is 15.8 Å².